The Morgan fingerprint density at radius 1 is 1.20 bits per heavy atom. The van der Waals surface area contributed by atoms with Gasteiger partial charge in [0.15, 0.2) is 0 Å². The minimum absolute atomic E-state index is 0.00240. The summed E-state index contributed by atoms with van der Waals surface area (Å²) in [6.07, 6.45) is -4.05. The van der Waals surface area contributed by atoms with E-state index in [4.69, 9.17) is 14.7 Å². The van der Waals surface area contributed by atoms with E-state index in [2.05, 4.69) is 0 Å². The van der Waals surface area contributed by atoms with Crippen LogP contribution in [0.1, 0.15) is 27.9 Å². The highest BCUT2D eigenvalue weighted by Gasteiger charge is 2.51. The van der Waals surface area contributed by atoms with Crippen molar-refractivity contribution in [2.24, 2.45) is 11.3 Å². The predicted molar refractivity (Wildman–Crippen MR) is 121 cm³/mol. The lowest BCUT2D eigenvalue weighted by atomic mass is 9.74. The quantitative estimate of drug-likeness (QED) is 0.692. The molecule has 4 rings (SSSR count). The van der Waals surface area contributed by atoms with Crippen LogP contribution < -0.4 is 14.4 Å². The first-order valence-corrected chi connectivity index (χ1v) is 11.1. The lowest BCUT2D eigenvalue weighted by Gasteiger charge is -2.44. The minimum Gasteiger partial charge on any atom is -0.497 e. The normalized spacial score (nSPS) is 21.9. The topological polar surface area (TPSA) is 86.0 Å². The van der Waals surface area contributed by atoms with Crippen molar-refractivity contribution in [1.82, 2.24) is 4.90 Å². The number of piperidine rings is 1. The van der Waals surface area contributed by atoms with Gasteiger partial charge in [0.1, 0.15) is 11.5 Å². The molecule has 2 aromatic rings. The third kappa shape index (κ3) is 4.48. The number of nitriles is 1. The van der Waals surface area contributed by atoms with Crippen molar-refractivity contribution >= 4 is 11.6 Å². The van der Waals surface area contributed by atoms with Crippen molar-refractivity contribution in [2.75, 3.05) is 51.9 Å². The van der Waals surface area contributed by atoms with Crippen molar-refractivity contribution in [3.8, 4) is 17.6 Å². The van der Waals surface area contributed by atoms with Crippen LogP contribution in [0.15, 0.2) is 36.4 Å². The van der Waals surface area contributed by atoms with E-state index in [1.54, 1.807) is 34.1 Å². The first kappa shape index (κ1) is 24.7. The molecule has 2 saturated heterocycles. The lowest BCUT2D eigenvalue weighted by molar-refractivity contribution is -0.137. The van der Waals surface area contributed by atoms with Gasteiger partial charge in [-0.1, -0.05) is 0 Å². The summed E-state index contributed by atoms with van der Waals surface area (Å²) >= 11 is 0. The minimum atomic E-state index is -4.65. The molecule has 186 valence electrons. The standard InChI is InChI=1S/C25H26F3N3O4/c1-34-19-5-6-20(22(10-19)35-2)23(33)31-12-17-7-8-30(13-24(17,14-31)15-32)18-4-3-16(11-29)21(9-18)25(26,27)28/h3-6,9-10,17,32H,7-8,12-15H2,1-2H3/t17-,24+/m1/s1. The van der Waals surface area contributed by atoms with E-state index in [0.29, 0.717) is 48.8 Å². The number of halogens is 3. The van der Waals surface area contributed by atoms with Gasteiger partial charge in [0, 0.05) is 43.3 Å². The Hall–Kier alpha value is -3.45. The molecule has 0 aromatic heterocycles. The van der Waals surface area contributed by atoms with E-state index in [-0.39, 0.29) is 25.0 Å². The number of ether oxygens (including phenoxy) is 2. The van der Waals surface area contributed by atoms with Crippen LogP contribution in [-0.2, 0) is 6.18 Å². The van der Waals surface area contributed by atoms with Gasteiger partial charge in [-0.2, -0.15) is 18.4 Å². The fourth-order valence-electron chi connectivity index (χ4n) is 5.19. The molecule has 0 spiro atoms. The fraction of sp³-hybridized carbons (Fsp3) is 0.440. The number of aliphatic hydroxyl groups excluding tert-OH is 1. The van der Waals surface area contributed by atoms with Crippen LogP contribution >= 0.6 is 0 Å². The van der Waals surface area contributed by atoms with Crippen LogP contribution in [0.25, 0.3) is 0 Å². The summed E-state index contributed by atoms with van der Waals surface area (Å²) in [4.78, 5) is 16.8. The Morgan fingerprint density at radius 3 is 2.60 bits per heavy atom. The van der Waals surface area contributed by atoms with Gasteiger partial charge in [-0.15, -0.1) is 0 Å². The van der Waals surface area contributed by atoms with Crippen molar-refractivity contribution < 1.29 is 32.5 Å². The molecule has 0 aliphatic carbocycles. The number of hydrogen-bond acceptors (Lipinski definition) is 6. The average molecular weight is 489 g/mol. The number of likely N-dealkylation sites (tertiary alicyclic amines) is 1. The van der Waals surface area contributed by atoms with Gasteiger partial charge in [0.2, 0.25) is 0 Å². The molecule has 2 aliphatic rings. The maximum absolute atomic E-state index is 13.5. The third-order valence-corrected chi connectivity index (χ3v) is 7.10. The van der Waals surface area contributed by atoms with Gasteiger partial charge >= 0.3 is 6.18 Å². The second kappa shape index (κ2) is 9.30. The number of anilines is 1. The largest absolute Gasteiger partial charge is 0.497 e. The van der Waals surface area contributed by atoms with Gasteiger partial charge in [0.05, 0.1) is 43.6 Å². The van der Waals surface area contributed by atoms with Gasteiger partial charge in [-0.3, -0.25) is 4.79 Å². The van der Waals surface area contributed by atoms with Crippen molar-refractivity contribution in [2.45, 2.75) is 12.6 Å². The summed E-state index contributed by atoms with van der Waals surface area (Å²) in [5.74, 6) is 0.686. The number of methoxy groups -OCH3 is 2. The highest BCUT2D eigenvalue weighted by Crippen LogP contribution is 2.44. The molecule has 0 saturated carbocycles. The van der Waals surface area contributed by atoms with E-state index >= 15 is 0 Å². The fourth-order valence-corrected chi connectivity index (χ4v) is 5.19. The second-order valence-electron chi connectivity index (χ2n) is 9.02. The Bertz CT molecular complexity index is 1160. The zero-order valence-electron chi connectivity index (χ0n) is 19.4. The number of hydrogen-bond donors (Lipinski definition) is 1. The zero-order valence-corrected chi connectivity index (χ0v) is 19.4. The van der Waals surface area contributed by atoms with E-state index in [9.17, 15) is 23.1 Å². The monoisotopic (exact) mass is 489 g/mol. The Kier molecular flexibility index (Phi) is 6.56. The van der Waals surface area contributed by atoms with Gasteiger partial charge in [-0.05, 0) is 42.7 Å². The molecule has 2 atom stereocenters. The molecule has 1 N–H and O–H groups in total. The molecule has 2 fully saturated rings. The summed E-state index contributed by atoms with van der Waals surface area (Å²) in [6, 6.07) is 10.2. The smallest absolute Gasteiger partial charge is 0.417 e. The number of fused-ring (bicyclic) bond motifs is 1. The highest BCUT2D eigenvalue weighted by atomic mass is 19.4. The Balaban J connectivity index is 1.59. The number of aliphatic hydroxyl groups is 1. The maximum atomic E-state index is 13.5. The van der Waals surface area contributed by atoms with E-state index in [1.807, 2.05) is 0 Å². The van der Waals surface area contributed by atoms with Crippen LogP contribution in [0.2, 0.25) is 0 Å². The molecule has 2 aliphatic heterocycles. The van der Waals surface area contributed by atoms with Gasteiger partial charge in [-0.25, -0.2) is 0 Å². The molecule has 1 amide bonds. The summed E-state index contributed by atoms with van der Waals surface area (Å²) < 4.78 is 51.0. The molecular formula is C25H26F3N3O4. The van der Waals surface area contributed by atoms with Crippen LogP contribution in [0.4, 0.5) is 18.9 Å². The number of amides is 1. The highest BCUT2D eigenvalue weighted by molar-refractivity contribution is 5.97. The van der Waals surface area contributed by atoms with Crippen LogP contribution in [0.3, 0.4) is 0 Å². The predicted octanol–water partition coefficient (Wildman–Crippen LogP) is 3.56. The molecular weight excluding hydrogens is 463 g/mol. The average Bonchev–Trinajstić information content (AvgIpc) is 3.26. The number of nitrogens with zero attached hydrogens (tertiary/aromatic N) is 3. The molecule has 0 bridgehead atoms. The SMILES string of the molecule is COc1ccc(C(=O)N2C[C@H]3CCN(c4ccc(C#N)c(C(F)(F)F)c4)C[C@@]3(CO)C2)c(OC)c1. The number of carbonyl (C=O) groups is 1. The first-order chi connectivity index (χ1) is 16.7. The van der Waals surface area contributed by atoms with E-state index < -0.39 is 22.7 Å². The maximum Gasteiger partial charge on any atom is 0.417 e. The summed E-state index contributed by atoms with van der Waals surface area (Å²) in [7, 11) is 2.99. The van der Waals surface area contributed by atoms with E-state index in [0.717, 1.165) is 6.07 Å². The summed E-state index contributed by atoms with van der Waals surface area (Å²) in [5.41, 5.74) is -1.38. The van der Waals surface area contributed by atoms with Crippen LogP contribution in [0.5, 0.6) is 11.5 Å². The van der Waals surface area contributed by atoms with Gasteiger partial charge in [0.25, 0.3) is 5.91 Å². The summed E-state index contributed by atoms with van der Waals surface area (Å²) in [6.45, 7) is 1.26. The molecule has 2 aromatic carbocycles. The van der Waals surface area contributed by atoms with Crippen LogP contribution in [-0.4, -0.2) is 62.9 Å². The number of rotatable bonds is 5. The number of alkyl halides is 3. The Labute approximate surface area is 201 Å². The molecule has 10 heteroatoms. The number of carbonyl (C=O) groups excluding carboxylic acids is 1. The van der Waals surface area contributed by atoms with Crippen LogP contribution in [0, 0.1) is 22.7 Å². The van der Waals surface area contributed by atoms with Crippen molar-refractivity contribution in [3.63, 3.8) is 0 Å². The zero-order chi connectivity index (χ0) is 25.4. The number of benzene rings is 2. The third-order valence-electron chi connectivity index (χ3n) is 7.10. The molecule has 7 nitrogen and oxygen atoms in total. The van der Waals surface area contributed by atoms with E-state index in [1.165, 1.54) is 26.4 Å². The Morgan fingerprint density at radius 2 is 1.97 bits per heavy atom. The van der Waals surface area contributed by atoms with Crippen molar-refractivity contribution in [3.05, 3.63) is 53.1 Å². The lowest BCUT2D eigenvalue weighted by Crippen LogP contribution is -2.51. The molecule has 0 radical (unpaired) electrons. The second-order valence-corrected chi connectivity index (χ2v) is 9.02. The summed E-state index contributed by atoms with van der Waals surface area (Å²) in [5, 5.41) is 19.5. The van der Waals surface area contributed by atoms with Crippen molar-refractivity contribution in [1.29, 1.82) is 5.26 Å². The molecule has 2 heterocycles. The first-order valence-electron chi connectivity index (χ1n) is 11.1. The molecule has 0 unspecified atom stereocenters. The molecule has 35 heavy (non-hydrogen) atoms. The van der Waals surface area contributed by atoms with Gasteiger partial charge < -0.3 is 24.4 Å².